The number of ether oxygens (including phenoxy) is 2. The van der Waals surface area contributed by atoms with E-state index in [1.54, 1.807) is 0 Å². The molecule has 93 heavy (non-hydrogen) atoms. The number of unbranched alkanes of at least 4 members (excludes halogenated alkanes) is 25. The fourth-order valence-corrected chi connectivity index (χ4v) is 10.6. The minimum absolute atomic E-state index is 0.0422. The Labute approximate surface area is 571 Å². The van der Waals surface area contributed by atoms with Crippen molar-refractivity contribution in [2.45, 2.75) is 302 Å². The van der Waals surface area contributed by atoms with Gasteiger partial charge in [-0.1, -0.05) is 331 Å². The van der Waals surface area contributed by atoms with E-state index in [-0.39, 0.29) is 38.6 Å². The van der Waals surface area contributed by atoms with Gasteiger partial charge >= 0.3 is 19.8 Å². The Morgan fingerprint density at radius 2 is 0.559 bits per heavy atom. The molecule has 2 atom stereocenters. The number of phosphoric ester groups is 1. The Bertz CT molecular complexity index is 2180. The molecule has 0 rings (SSSR count). The van der Waals surface area contributed by atoms with E-state index in [9.17, 15) is 19.0 Å². The molecule has 0 saturated heterocycles. The molecular formula is C83H136NO8P. The van der Waals surface area contributed by atoms with Gasteiger partial charge in [0.05, 0.1) is 13.2 Å². The first-order chi connectivity index (χ1) is 45.8. The van der Waals surface area contributed by atoms with Crippen molar-refractivity contribution in [2.24, 2.45) is 5.73 Å². The largest absolute Gasteiger partial charge is 0.472 e. The van der Waals surface area contributed by atoms with Crippen LogP contribution in [-0.4, -0.2) is 49.3 Å². The van der Waals surface area contributed by atoms with Crippen LogP contribution in [-0.2, 0) is 32.7 Å². The molecule has 0 fully saturated rings. The standard InChI is InChI=1S/C83H136NO8P/c1-3-5-7-9-11-13-15-17-19-21-23-25-27-29-31-33-35-37-38-39-40-41-42-44-46-48-50-52-54-56-58-60-62-64-66-68-70-72-74-76-83(86)92-81(80-91-93(87,88)90-78-77-84)79-89-82(85)75-73-71-69-67-65-63-61-59-57-55-53-51-49-47-45-43-36-34-32-30-28-26-24-22-20-18-16-14-12-10-8-6-4-2/h5-8,11-14,17-20,23-26,29,31,35,37,39-40,42,44,48,50,54,56,60,62,81H,3-4,9-10,15-16,21-22,27-28,30,32-34,36,38,41,43,45-47,49,51-53,55,57-59,61,63-80,84H2,1-2H3,(H,87,88)/b7-5-,8-6-,13-11-,14-12-,19-17-,20-18-,25-23-,26-24-,31-29-,37-35-,40-39-,44-42-,50-48-,56-54-,62-60-. The molecule has 9 nitrogen and oxygen atoms in total. The smallest absolute Gasteiger partial charge is 0.462 e. The summed E-state index contributed by atoms with van der Waals surface area (Å²) in [7, 11) is -4.41. The minimum atomic E-state index is -4.41. The molecule has 526 valence electrons. The summed E-state index contributed by atoms with van der Waals surface area (Å²) in [6.45, 7) is 3.50. The third-order valence-electron chi connectivity index (χ3n) is 15.3. The number of carbonyl (C=O) groups is 2. The highest BCUT2D eigenvalue weighted by Gasteiger charge is 2.26. The molecule has 0 aliphatic rings. The average Bonchev–Trinajstić information content (AvgIpc) is 3.60. The van der Waals surface area contributed by atoms with Crippen LogP contribution in [0.15, 0.2) is 182 Å². The molecule has 0 aromatic heterocycles. The van der Waals surface area contributed by atoms with Gasteiger partial charge in [0, 0.05) is 19.4 Å². The van der Waals surface area contributed by atoms with Crippen LogP contribution in [0.2, 0.25) is 0 Å². The van der Waals surface area contributed by atoms with Crippen LogP contribution in [0.5, 0.6) is 0 Å². The van der Waals surface area contributed by atoms with Gasteiger partial charge in [-0.25, -0.2) is 4.57 Å². The minimum Gasteiger partial charge on any atom is -0.462 e. The zero-order chi connectivity index (χ0) is 67.2. The molecule has 0 amide bonds. The summed E-state index contributed by atoms with van der Waals surface area (Å²) in [6.07, 6.45) is 114. The van der Waals surface area contributed by atoms with E-state index in [0.717, 1.165) is 148 Å². The fourth-order valence-electron chi connectivity index (χ4n) is 9.87. The zero-order valence-corrected chi connectivity index (χ0v) is 60.1. The Morgan fingerprint density at radius 3 is 0.828 bits per heavy atom. The quantitative estimate of drug-likeness (QED) is 0.0264. The Morgan fingerprint density at radius 1 is 0.323 bits per heavy atom. The summed E-state index contributed by atoms with van der Waals surface area (Å²) in [5.41, 5.74) is 5.41. The third kappa shape index (κ3) is 76.0. The van der Waals surface area contributed by atoms with E-state index in [1.165, 1.54) is 116 Å². The monoisotopic (exact) mass is 1310 g/mol. The van der Waals surface area contributed by atoms with Gasteiger partial charge in [0.25, 0.3) is 0 Å². The van der Waals surface area contributed by atoms with Crippen molar-refractivity contribution in [1.82, 2.24) is 0 Å². The maximum Gasteiger partial charge on any atom is 0.472 e. The third-order valence-corrected chi connectivity index (χ3v) is 16.3. The zero-order valence-electron chi connectivity index (χ0n) is 59.2. The summed E-state index contributed by atoms with van der Waals surface area (Å²) >= 11 is 0. The molecule has 0 aliphatic carbocycles. The summed E-state index contributed by atoms with van der Waals surface area (Å²) in [4.78, 5) is 35.4. The molecular weight excluding hydrogens is 1170 g/mol. The van der Waals surface area contributed by atoms with Crippen LogP contribution in [0.4, 0.5) is 0 Å². The summed E-state index contributed by atoms with van der Waals surface area (Å²) in [5.74, 6) is -0.853. The summed E-state index contributed by atoms with van der Waals surface area (Å²) in [5, 5.41) is 0. The average molecular weight is 1310 g/mol. The number of allylic oxidation sites excluding steroid dienone is 30. The van der Waals surface area contributed by atoms with E-state index in [4.69, 9.17) is 24.3 Å². The second-order valence-corrected chi connectivity index (χ2v) is 25.5. The first kappa shape index (κ1) is 88.1. The van der Waals surface area contributed by atoms with Crippen molar-refractivity contribution in [1.29, 1.82) is 0 Å². The first-order valence-electron chi connectivity index (χ1n) is 37.3. The van der Waals surface area contributed by atoms with Crippen LogP contribution in [0, 0.1) is 0 Å². The van der Waals surface area contributed by atoms with E-state index in [1.807, 2.05) is 0 Å². The van der Waals surface area contributed by atoms with Crippen molar-refractivity contribution in [3.05, 3.63) is 182 Å². The van der Waals surface area contributed by atoms with Gasteiger partial charge in [0.2, 0.25) is 0 Å². The van der Waals surface area contributed by atoms with Crippen molar-refractivity contribution < 1.29 is 37.6 Å². The second-order valence-electron chi connectivity index (χ2n) is 24.0. The highest BCUT2D eigenvalue weighted by atomic mass is 31.2. The molecule has 0 aromatic rings. The Kier molecular flexibility index (Phi) is 72.1. The Balaban J connectivity index is 3.96. The molecule has 0 heterocycles. The maximum absolute atomic E-state index is 12.8. The number of phosphoric acid groups is 1. The SMILES string of the molecule is CC/C=C\C/C=C\C/C=C\C/C=C\C/C=C\C/C=C\C/C=C\C/C=C\C/C=C\C/C=C\C/C=C\CCCCCCCC(=O)OC(COC(=O)CCCCCCCCCCCCCCCCCCCCCC/C=C\C/C=C\C/C=C\C/C=C\CC)COP(=O)(O)OCCN. The van der Waals surface area contributed by atoms with Gasteiger partial charge in [0.15, 0.2) is 6.10 Å². The molecule has 0 aromatic carbocycles. The lowest BCUT2D eigenvalue weighted by Gasteiger charge is -2.19. The lowest BCUT2D eigenvalue weighted by atomic mass is 10.0. The van der Waals surface area contributed by atoms with Crippen LogP contribution in [0.25, 0.3) is 0 Å². The predicted molar refractivity (Wildman–Crippen MR) is 403 cm³/mol. The molecule has 0 spiro atoms. The molecule has 0 aliphatic heterocycles. The second kappa shape index (κ2) is 76.1. The van der Waals surface area contributed by atoms with E-state index in [2.05, 4.69) is 196 Å². The fraction of sp³-hybridized carbons (Fsp3) is 0.614. The van der Waals surface area contributed by atoms with Gasteiger partial charge in [0.1, 0.15) is 6.61 Å². The van der Waals surface area contributed by atoms with Crippen LogP contribution in [0.1, 0.15) is 296 Å². The maximum atomic E-state index is 12.8. The van der Waals surface area contributed by atoms with E-state index >= 15 is 0 Å². The Hall–Kier alpha value is -4.89. The van der Waals surface area contributed by atoms with E-state index in [0.29, 0.717) is 6.42 Å². The number of hydrogen-bond donors (Lipinski definition) is 2. The number of nitrogens with two attached hydrogens (primary N) is 1. The number of rotatable bonds is 68. The van der Waals surface area contributed by atoms with Crippen LogP contribution >= 0.6 is 7.82 Å². The van der Waals surface area contributed by atoms with Gasteiger partial charge in [-0.05, 0) is 135 Å². The lowest BCUT2D eigenvalue weighted by molar-refractivity contribution is -0.161. The van der Waals surface area contributed by atoms with Gasteiger partial charge in [-0.15, -0.1) is 0 Å². The molecule has 0 saturated carbocycles. The predicted octanol–water partition coefficient (Wildman–Crippen LogP) is 25.1. The molecule has 0 bridgehead atoms. The van der Waals surface area contributed by atoms with Gasteiger partial charge in [-0.3, -0.25) is 18.6 Å². The number of carbonyl (C=O) groups excluding carboxylic acids is 2. The summed E-state index contributed by atoms with van der Waals surface area (Å²) < 4.78 is 33.2. The highest BCUT2D eigenvalue weighted by molar-refractivity contribution is 7.47. The highest BCUT2D eigenvalue weighted by Crippen LogP contribution is 2.43. The molecule has 3 N–H and O–H groups in total. The van der Waals surface area contributed by atoms with Gasteiger partial charge in [-0.2, -0.15) is 0 Å². The summed E-state index contributed by atoms with van der Waals surface area (Å²) in [6, 6.07) is 0. The number of hydrogen-bond acceptors (Lipinski definition) is 8. The lowest BCUT2D eigenvalue weighted by Crippen LogP contribution is -2.29. The van der Waals surface area contributed by atoms with Crippen molar-refractivity contribution in [3.8, 4) is 0 Å². The molecule has 10 heteroatoms. The van der Waals surface area contributed by atoms with Crippen molar-refractivity contribution >= 4 is 19.8 Å². The van der Waals surface area contributed by atoms with Crippen LogP contribution in [0.3, 0.4) is 0 Å². The van der Waals surface area contributed by atoms with Crippen molar-refractivity contribution in [3.63, 3.8) is 0 Å². The van der Waals surface area contributed by atoms with E-state index < -0.39 is 26.5 Å². The van der Waals surface area contributed by atoms with Gasteiger partial charge < -0.3 is 20.1 Å². The molecule has 0 radical (unpaired) electrons. The van der Waals surface area contributed by atoms with Crippen molar-refractivity contribution in [2.75, 3.05) is 26.4 Å². The molecule has 2 unspecified atom stereocenters. The number of esters is 2. The topological polar surface area (TPSA) is 134 Å². The first-order valence-corrected chi connectivity index (χ1v) is 38.8. The normalized spacial score (nSPS) is 14.0. The van der Waals surface area contributed by atoms with Crippen LogP contribution < -0.4 is 5.73 Å².